The monoisotopic (exact) mass is 394 g/mol. The number of aliphatic hydroxyl groups excluding tert-OH is 1. The lowest BCUT2D eigenvalue weighted by Gasteiger charge is -2.54. The first-order valence-corrected chi connectivity index (χ1v) is 10.5. The summed E-state index contributed by atoms with van der Waals surface area (Å²) in [5, 5.41) is 9.59. The number of methoxy groups -OCH3 is 2. The summed E-state index contributed by atoms with van der Waals surface area (Å²) in [6.45, 7) is 2.00. The van der Waals surface area contributed by atoms with E-state index in [1.165, 1.54) is 16.7 Å². The van der Waals surface area contributed by atoms with Crippen molar-refractivity contribution in [2.45, 2.75) is 36.8 Å². The van der Waals surface area contributed by atoms with Gasteiger partial charge in [-0.3, -0.25) is 9.69 Å². The van der Waals surface area contributed by atoms with Gasteiger partial charge in [0, 0.05) is 36.4 Å². The average molecular weight is 394 g/mol. The van der Waals surface area contributed by atoms with E-state index in [4.69, 9.17) is 9.47 Å². The van der Waals surface area contributed by atoms with Crippen molar-refractivity contribution in [2.24, 2.45) is 5.92 Å². The van der Waals surface area contributed by atoms with Crippen molar-refractivity contribution in [3.63, 3.8) is 0 Å². The molecule has 1 amide bonds. The van der Waals surface area contributed by atoms with Crippen LogP contribution in [0.25, 0.3) is 0 Å². The van der Waals surface area contributed by atoms with Crippen LogP contribution in [0.5, 0.6) is 11.5 Å². The van der Waals surface area contributed by atoms with Gasteiger partial charge in [-0.25, -0.2) is 0 Å². The molecule has 5 aliphatic rings. The summed E-state index contributed by atoms with van der Waals surface area (Å²) in [4.78, 5) is 17.8. The van der Waals surface area contributed by atoms with Crippen LogP contribution in [0.15, 0.2) is 35.4 Å². The first kappa shape index (κ1) is 17.5. The summed E-state index contributed by atoms with van der Waals surface area (Å²) in [5.41, 5.74) is 4.83. The van der Waals surface area contributed by atoms with Crippen LogP contribution >= 0.6 is 0 Å². The molecule has 1 aliphatic carbocycles. The molecular formula is C23H26N2O4. The van der Waals surface area contributed by atoms with Gasteiger partial charge < -0.3 is 19.5 Å². The fourth-order valence-electron chi connectivity index (χ4n) is 6.98. The van der Waals surface area contributed by atoms with E-state index >= 15 is 0 Å². The number of aliphatic hydroxyl groups is 1. The molecular weight excluding hydrogens is 368 g/mol. The highest BCUT2D eigenvalue weighted by molar-refractivity contribution is 6.01. The zero-order valence-electron chi connectivity index (χ0n) is 16.9. The summed E-state index contributed by atoms with van der Waals surface area (Å²) >= 11 is 0. The predicted octanol–water partition coefficient (Wildman–Crippen LogP) is 2.01. The van der Waals surface area contributed by atoms with Gasteiger partial charge in [0.1, 0.15) is 0 Å². The van der Waals surface area contributed by atoms with Crippen LogP contribution in [-0.2, 0) is 10.2 Å². The largest absolute Gasteiger partial charge is 0.493 e. The molecule has 1 aromatic carbocycles. The number of carbonyl (C=O) groups is 1. The first-order chi connectivity index (χ1) is 14.1. The number of hydrogen-bond acceptors (Lipinski definition) is 5. The highest BCUT2D eigenvalue weighted by atomic mass is 16.5. The standard InChI is InChI=1S/C23H26N2O4/c1-28-18-10-16-17(11-19(18)29-2)25-21(27)4-3-14-15-9-20-23(16,22(14)25)6-7-24(20)12-13(15)5-8-26/h3,5,10-11,15,20,22,26H,4,6-9,12H2,1-2H3/t15-,20-,22-,23-/m0/s1. The van der Waals surface area contributed by atoms with Gasteiger partial charge in [-0.05, 0) is 36.6 Å². The third kappa shape index (κ3) is 1.96. The lowest BCUT2D eigenvalue weighted by molar-refractivity contribution is -0.118. The number of hydrogen-bond donors (Lipinski definition) is 1. The number of amides is 1. The van der Waals surface area contributed by atoms with E-state index in [0.717, 1.165) is 37.4 Å². The van der Waals surface area contributed by atoms with Crippen molar-refractivity contribution in [1.82, 2.24) is 4.90 Å². The fraction of sp³-hybridized carbons (Fsp3) is 0.522. The van der Waals surface area contributed by atoms with Crippen LogP contribution in [-0.4, -0.2) is 61.9 Å². The summed E-state index contributed by atoms with van der Waals surface area (Å²) in [6.07, 6.45) is 6.70. The lowest BCUT2D eigenvalue weighted by Crippen LogP contribution is -2.62. The Balaban J connectivity index is 1.62. The molecule has 3 fully saturated rings. The Morgan fingerprint density at radius 1 is 1.28 bits per heavy atom. The molecule has 6 heteroatoms. The number of ether oxygens (including phenoxy) is 2. The van der Waals surface area contributed by atoms with Crippen molar-refractivity contribution < 1.29 is 19.4 Å². The molecule has 29 heavy (non-hydrogen) atoms. The molecule has 152 valence electrons. The molecule has 0 radical (unpaired) electrons. The number of benzene rings is 1. The van der Waals surface area contributed by atoms with Gasteiger partial charge in [-0.1, -0.05) is 17.7 Å². The van der Waals surface area contributed by atoms with Gasteiger partial charge in [0.05, 0.1) is 32.6 Å². The smallest absolute Gasteiger partial charge is 0.231 e. The quantitative estimate of drug-likeness (QED) is 0.795. The molecule has 0 unspecified atom stereocenters. The molecule has 6 nitrogen and oxygen atoms in total. The van der Waals surface area contributed by atoms with E-state index in [0.29, 0.717) is 24.1 Å². The van der Waals surface area contributed by atoms with Crippen molar-refractivity contribution in [2.75, 3.05) is 38.8 Å². The van der Waals surface area contributed by atoms with Crippen molar-refractivity contribution in [3.05, 3.63) is 41.0 Å². The zero-order valence-corrected chi connectivity index (χ0v) is 16.9. The van der Waals surface area contributed by atoms with Crippen molar-refractivity contribution in [1.29, 1.82) is 0 Å². The number of carbonyl (C=O) groups excluding carboxylic acids is 1. The van der Waals surface area contributed by atoms with Gasteiger partial charge in [0.15, 0.2) is 11.5 Å². The van der Waals surface area contributed by atoms with E-state index in [1.54, 1.807) is 14.2 Å². The van der Waals surface area contributed by atoms with Crippen LogP contribution in [0.2, 0.25) is 0 Å². The van der Waals surface area contributed by atoms with Gasteiger partial charge in [0.25, 0.3) is 0 Å². The second-order valence-corrected chi connectivity index (χ2v) is 8.83. The minimum Gasteiger partial charge on any atom is -0.493 e. The molecule has 2 bridgehead atoms. The summed E-state index contributed by atoms with van der Waals surface area (Å²) in [7, 11) is 3.31. The average Bonchev–Trinajstić information content (AvgIpc) is 3.27. The maximum Gasteiger partial charge on any atom is 0.231 e. The summed E-state index contributed by atoms with van der Waals surface area (Å²) in [6, 6.07) is 4.59. The Kier molecular flexibility index (Phi) is 3.55. The molecule has 4 heterocycles. The van der Waals surface area contributed by atoms with Crippen molar-refractivity contribution in [3.8, 4) is 11.5 Å². The molecule has 4 aliphatic heterocycles. The molecule has 1 saturated carbocycles. The third-order valence-corrected chi connectivity index (χ3v) is 8.00. The molecule has 1 N–H and O–H groups in total. The van der Waals surface area contributed by atoms with Crippen LogP contribution in [0.1, 0.15) is 24.8 Å². The SMILES string of the molecule is COc1cc2c(cc1OC)[C@@]13CCN4CC(=CCO)[C@H](C[C@H]41)C1=CCC(=O)N2[C@@H]13. The van der Waals surface area contributed by atoms with E-state index in [1.807, 2.05) is 12.1 Å². The van der Waals surface area contributed by atoms with Gasteiger partial charge in [0.2, 0.25) is 5.91 Å². The van der Waals surface area contributed by atoms with E-state index in [2.05, 4.69) is 21.9 Å². The first-order valence-electron chi connectivity index (χ1n) is 10.5. The van der Waals surface area contributed by atoms with E-state index < -0.39 is 0 Å². The lowest BCUT2D eigenvalue weighted by atomic mass is 9.57. The molecule has 2 saturated heterocycles. The molecule has 6 rings (SSSR count). The van der Waals surface area contributed by atoms with Crippen LogP contribution in [0, 0.1) is 5.92 Å². The highest BCUT2D eigenvalue weighted by Crippen LogP contribution is 2.65. The Bertz CT molecular complexity index is 983. The molecule has 4 atom stereocenters. The Hall–Kier alpha value is -2.31. The van der Waals surface area contributed by atoms with Crippen LogP contribution < -0.4 is 14.4 Å². The zero-order chi connectivity index (χ0) is 19.9. The number of rotatable bonds is 3. The summed E-state index contributed by atoms with van der Waals surface area (Å²) < 4.78 is 11.2. The topological polar surface area (TPSA) is 62.2 Å². The fourth-order valence-corrected chi connectivity index (χ4v) is 6.98. The second-order valence-electron chi connectivity index (χ2n) is 8.83. The minimum absolute atomic E-state index is 0.0618. The predicted molar refractivity (Wildman–Crippen MR) is 108 cm³/mol. The van der Waals surface area contributed by atoms with E-state index in [9.17, 15) is 9.90 Å². The molecule has 1 spiro atoms. The van der Waals surface area contributed by atoms with Gasteiger partial charge in [-0.15, -0.1) is 0 Å². The number of nitrogens with zero attached hydrogens (tertiary/aromatic N) is 2. The third-order valence-electron chi connectivity index (χ3n) is 8.00. The normalized spacial score (nSPS) is 35.5. The maximum atomic E-state index is 13.2. The number of piperidine rings is 1. The second kappa shape index (κ2) is 5.86. The Morgan fingerprint density at radius 2 is 2.07 bits per heavy atom. The number of anilines is 1. The Morgan fingerprint density at radius 3 is 2.83 bits per heavy atom. The van der Waals surface area contributed by atoms with E-state index in [-0.39, 0.29) is 24.0 Å². The van der Waals surface area contributed by atoms with Crippen LogP contribution in [0.4, 0.5) is 5.69 Å². The molecule has 1 aromatic rings. The van der Waals surface area contributed by atoms with Gasteiger partial charge >= 0.3 is 0 Å². The van der Waals surface area contributed by atoms with Crippen molar-refractivity contribution >= 4 is 11.6 Å². The summed E-state index contributed by atoms with van der Waals surface area (Å²) in [5.74, 6) is 1.89. The maximum absolute atomic E-state index is 13.2. The minimum atomic E-state index is -0.0853. The van der Waals surface area contributed by atoms with Crippen LogP contribution in [0.3, 0.4) is 0 Å². The molecule has 0 aromatic heterocycles. The Labute approximate surface area is 170 Å². The van der Waals surface area contributed by atoms with Gasteiger partial charge in [-0.2, -0.15) is 0 Å². The number of fused-ring (bicyclic) bond motifs is 4. The highest BCUT2D eigenvalue weighted by Gasteiger charge is 2.67.